The van der Waals surface area contributed by atoms with Gasteiger partial charge in [-0.3, -0.25) is 4.98 Å². The van der Waals surface area contributed by atoms with Crippen LogP contribution in [0, 0.1) is 18.6 Å². The number of halogens is 9. The quantitative estimate of drug-likeness (QED) is 0.364. The van der Waals surface area contributed by atoms with Crippen molar-refractivity contribution in [3.8, 4) is 0 Å². The van der Waals surface area contributed by atoms with Crippen molar-refractivity contribution in [2.24, 2.45) is 0 Å². The van der Waals surface area contributed by atoms with Gasteiger partial charge < -0.3 is 0 Å². The van der Waals surface area contributed by atoms with Gasteiger partial charge in [-0.15, -0.1) is 0 Å². The van der Waals surface area contributed by atoms with E-state index in [9.17, 15) is 26.3 Å². The number of aromatic nitrogens is 2. The van der Waals surface area contributed by atoms with Gasteiger partial charge in [-0.2, -0.15) is 0 Å². The van der Waals surface area contributed by atoms with Crippen molar-refractivity contribution in [2.75, 3.05) is 13.9 Å². The first-order valence-electron chi connectivity index (χ1n) is 5.71. The SMILES string of the molecule is Cc1ncc(F)cc1Cl.FCF.FCF.Fc1cnc(Cl)c(Cl)c1. The molecule has 0 fully saturated rings. The largest absolute Gasteiger partial charge is 0.257 e. The van der Waals surface area contributed by atoms with Gasteiger partial charge in [-0.1, -0.05) is 34.8 Å². The van der Waals surface area contributed by atoms with E-state index in [0.29, 0.717) is 10.7 Å². The lowest BCUT2D eigenvalue weighted by molar-refractivity contribution is 0.295. The molecule has 0 radical (unpaired) electrons. The number of hydrogen-bond donors (Lipinski definition) is 0. The van der Waals surface area contributed by atoms with Crippen LogP contribution in [0.1, 0.15) is 5.69 Å². The smallest absolute Gasteiger partial charge is 0.229 e. The van der Waals surface area contributed by atoms with Crippen molar-refractivity contribution in [1.82, 2.24) is 9.97 Å². The molecule has 2 nitrogen and oxygen atoms in total. The Morgan fingerprint density at radius 3 is 1.46 bits per heavy atom. The second-order valence-electron chi connectivity index (χ2n) is 3.35. The van der Waals surface area contributed by atoms with Crippen LogP contribution >= 0.6 is 34.8 Å². The second-order valence-corrected chi connectivity index (χ2v) is 4.52. The minimum atomic E-state index is -1.75. The molecule has 24 heavy (non-hydrogen) atoms. The molecule has 0 amide bonds. The third-order valence-corrected chi connectivity index (χ3v) is 2.82. The molecule has 2 aromatic heterocycles. The van der Waals surface area contributed by atoms with Crippen LogP contribution in [0.4, 0.5) is 26.3 Å². The van der Waals surface area contributed by atoms with Gasteiger partial charge in [0.1, 0.15) is 16.8 Å². The van der Waals surface area contributed by atoms with Crippen LogP contribution in [-0.2, 0) is 0 Å². The number of nitrogens with zero attached hydrogens (tertiary/aromatic N) is 2. The molecule has 0 N–H and O–H groups in total. The summed E-state index contributed by atoms with van der Waals surface area (Å²) in [5.74, 6) is -0.880. The summed E-state index contributed by atoms with van der Waals surface area (Å²) in [6.07, 6.45) is 2.15. The van der Waals surface area contributed by atoms with E-state index in [1.165, 1.54) is 6.07 Å². The van der Waals surface area contributed by atoms with Crippen molar-refractivity contribution in [3.05, 3.63) is 57.1 Å². The van der Waals surface area contributed by atoms with E-state index in [1.807, 2.05) is 0 Å². The van der Waals surface area contributed by atoms with E-state index in [0.717, 1.165) is 18.5 Å². The first-order valence-corrected chi connectivity index (χ1v) is 6.84. The highest BCUT2D eigenvalue weighted by Crippen LogP contribution is 2.18. The lowest BCUT2D eigenvalue weighted by Crippen LogP contribution is -1.82. The van der Waals surface area contributed by atoms with Crippen LogP contribution in [0.25, 0.3) is 0 Å². The van der Waals surface area contributed by atoms with Crippen LogP contribution in [-0.4, -0.2) is 23.8 Å². The molecule has 0 saturated heterocycles. The Morgan fingerprint density at radius 2 is 1.17 bits per heavy atom. The molecule has 2 aromatic rings. The van der Waals surface area contributed by atoms with Gasteiger partial charge in [0.25, 0.3) is 0 Å². The van der Waals surface area contributed by atoms with Crippen LogP contribution in [0.2, 0.25) is 15.2 Å². The number of rotatable bonds is 0. The molecule has 0 saturated carbocycles. The molecule has 2 rings (SSSR count). The highest BCUT2D eigenvalue weighted by molar-refractivity contribution is 6.41. The summed E-state index contributed by atoms with van der Waals surface area (Å²) in [7, 11) is 0. The molecule has 136 valence electrons. The minimum Gasteiger partial charge on any atom is -0.257 e. The van der Waals surface area contributed by atoms with Gasteiger partial charge in [0.05, 0.1) is 28.1 Å². The Balaban J connectivity index is 0. The molecule has 0 aliphatic rings. The number of alkyl halides is 4. The molecular formula is C13H11Cl3F6N2. The molecule has 0 bridgehead atoms. The standard InChI is InChI=1S/C6H5ClFN.C5H2Cl2FN.2CH2F2/c1-4-6(7)2-5(8)3-9-4;6-4-1-3(8)2-9-5(4)7;2*2-1-3/h2-3H,1H3;1-2H;2*1H2. The lowest BCUT2D eigenvalue weighted by Gasteiger charge is -1.92. The van der Waals surface area contributed by atoms with Crippen molar-refractivity contribution in [3.63, 3.8) is 0 Å². The molecule has 2 heterocycles. The van der Waals surface area contributed by atoms with Crippen LogP contribution in [0.3, 0.4) is 0 Å². The zero-order chi connectivity index (χ0) is 19.1. The minimum absolute atomic E-state index is 0.123. The topological polar surface area (TPSA) is 25.8 Å². The summed E-state index contributed by atoms with van der Waals surface area (Å²) >= 11 is 16.3. The average molecular weight is 416 g/mol. The summed E-state index contributed by atoms with van der Waals surface area (Å²) in [4.78, 5) is 7.11. The monoisotopic (exact) mass is 414 g/mol. The van der Waals surface area contributed by atoms with Crippen molar-refractivity contribution < 1.29 is 26.3 Å². The van der Waals surface area contributed by atoms with Gasteiger partial charge >= 0.3 is 0 Å². The maximum atomic E-state index is 12.2. The molecule has 0 aliphatic heterocycles. The maximum absolute atomic E-state index is 12.2. The van der Waals surface area contributed by atoms with Crippen LogP contribution < -0.4 is 0 Å². The molecule has 0 aromatic carbocycles. The number of aryl methyl sites for hydroxylation is 1. The predicted octanol–water partition coefficient (Wildman–Crippen LogP) is 6.48. The molecule has 0 aliphatic carbocycles. The fourth-order valence-corrected chi connectivity index (χ4v) is 1.29. The van der Waals surface area contributed by atoms with E-state index in [4.69, 9.17) is 34.8 Å². The van der Waals surface area contributed by atoms with E-state index in [2.05, 4.69) is 9.97 Å². The first-order chi connectivity index (χ1) is 11.2. The molecule has 0 unspecified atom stereocenters. The highest BCUT2D eigenvalue weighted by Gasteiger charge is 1.98. The summed E-state index contributed by atoms with van der Waals surface area (Å²) in [5.41, 5.74) is 0.651. The highest BCUT2D eigenvalue weighted by atomic mass is 35.5. The van der Waals surface area contributed by atoms with Crippen LogP contribution in [0.5, 0.6) is 0 Å². The third kappa shape index (κ3) is 13.2. The lowest BCUT2D eigenvalue weighted by atomic mass is 10.4. The Morgan fingerprint density at radius 1 is 0.792 bits per heavy atom. The summed E-state index contributed by atoms with van der Waals surface area (Å²) < 4.78 is 62.8. The van der Waals surface area contributed by atoms with E-state index in [-0.39, 0.29) is 10.2 Å². The summed E-state index contributed by atoms with van der Waals surface area (Å²) in [5, 5.41) is 0.629. The van der Waals surface area contributed by atoms with Gasteiger partial charge in [-0.05, 0) is 19.1 Å². The molecule has 0 atom stereocenters. The molecule has 11 heteroatoms. The Hall–Kier alpha value is -1.25. The Labute approximate surface area is 149 Å². The molecular weight excluding hydrogens is 405 g/mol. The Kier molecular flexibility index (Phi) is 15.9. The van der Waals surface area contributed by atoms with Gasteiger partial charge in [0, 0.05) is 0 Å². The van der Waals surface area contributed by atoms with Gasteiger partial charge in [-0.25, -0.2) is 31.3 Å². The first kappa shape index (κ1) is 25.0. The van der Waals surface area contributed by atoms with Crippen molar-refractivity contribution >= 4 is 34.8 Å². The fraction of sp³-hybridized carbons (Fsp3) is 0.231. The number of hydrogen-bond acceptors (Lipinski definition) is 2. The van der Waals surface area contributed by atoms with E-state index in [1.54, 1.807) is 6.92 Å². The van der Waals surface area contributed by atoms with Crippen molar-refractivity contribution in [1.29, 1.82) is 0 Å². The normalized spacial score (nSPS) is 8.75. The maximum Gasteiger partial charge on any atom is 0.229 e. The van der Waals surface area contributed by atoms with Gasteiger partial charge in [0.15, 0.2) is 0 Å². The van der Waals surface area contributed by atoms with E-state index >= 15 is 0 Å². The third-order valence-electron chi connectivity index (χ3n) is 1.75. The number of pyridine rings is 2. The van der Waals surface area contributed by atoms with Crippen molar-refractivity contribution in [2.45, 2.75) is 6.92 Å². The average Bonchev–Trinajstić information content (AvgIpc) is 2.50. The summed E-state index contributed by atoms with van der Waals surface area (Å²) in [6, 6.07) is 2.35. The summed E-state index contributed by atoms with van der Waals surface area (Å²) in [6.45, 7) is -1.78. The zero-order valence-electron chi connectivity index (χ0n) is 12.0. The fourth-order valence-electron chi connectivity index (χ4n) is 0.881. The van der Waals surface area contributed by atoms with Gasteiger partial charge in [0.2, 0.25) is 13.9 Å². The molecule has 0 spiro atoms. The van der Waals surface area contributed by atoms with E-state index < -0.39 is 25.5 Å². The zero-order valence-corrected chi connectivity index (χ0v) is 14.3. The predicted molar refractivity (Wildman–Crippen MR) is 82.3 cm³/mol. The van der Waals surface area contributed by atoms with Crippen LogP contribution in [0.15, 0.2) is 24.5 Å². The Bertz CT molecular complexity index is 538. The second kappa shape index (κ2) is 15.3.